The second kappa shape index (κ2) is 8.41. The van der Waals surface area contributed by atoms with Crippen LogP contribution in [0.5, 0.6) is 0 Å². The van der Waals surface area contributed by atoms with Crippen LogP contribution in [0.25, 0.3) is 11.0 Å². The molecule has 0 saturated heterocycles. The number of halogens is 1. The van der Waals surface area contributed by atoms with E-state index in [4.69, 9.17) is 9.15 Å². The number of carbonyl (C=O) groups excluding carboxylic acids is 1. The lowest BCUT2D eigenvalue weighted by Crippen LogP contribution is -2.30. The molecule has 21 heavy (non-hydrogen) atoms. The zero-order valence-corrected chi connectivity index (χ0v) is 12.4. The second-order valence-electron chi connectivity index (χ2n) is 4.22. The number of ether oxygens (including phenoxy) is 1. The van der Waals surface area contributed by atoms with E-state index in [0.717, 1.165) is 5.39 Å². The highest BCUT2D eigenvalue weighted by atomic mass is 35.5. The first-order valence-corrected chi connectivity index (χ1v) is 6.22. The maximum atomic E-state index is 11.7. The van der Waals surface area contributed by atoms with Crippen LogP contribution < -0.4 is 16.3 Å². The Hall–Kier alpha value is -1.89. The molecule has 7 heteroatoms. The Bertz CT molecular complexity index is 657. The van der Waals surface area contributed by atoms with Gasteiger partial charge in [-0.1, -0.05) is 0 Å². The van der Waals surface area contributed by atoms with Gasteiger partial charge < -0.3 is 19.8 Å². The number of anilines is 1. The Morgan fingerprint density at radius 1 is 1.29 bits per heavy atom. The zero-order chi connectivity index (χ0) is 14.4. The van der Waals surface area contributed by atoms with Gasteiger partial charge in [0.1, 0.15) is 5.58 Å². The SMILES string of the molecule is COCCNCC(=O)Nc1ccc2oc(=O)ccc2c1.Cl. The fraction of sp³-hybridized carbons (Fsp3) is 0.286. The van der Waals surface area contributed by atoms with E-state index >= 15 is 0 Å². The Kier molecular flexibility index (Phi) is 6.87. The van der Waals surface area contributed by atoms with E-state index < -0.39 is 5.63 Å². The average Bonchev–Trinajstić information content (AvgIpc) is 2.44. The van der Waals surface area contributed by atoms with Crippen LogP contribution in [0.2, 0.25) is 0 Å². The molecule has 0 aliphatic carbocycles. The molecule has 0 aliphatic rings. The van der Waals surface area contributed by atoms with E-state index in [-0.39, 0.29) is 24.9 Å². The fourth-order valence-corrected chi connectivity index (χ4v) is 1.73. The molecule has 1 aromatic carbocycles. The summed E-state index contributed by atoms with van der Waals surface area (Å²) in [5.41, 5.74) is 0.759. The van der Waals surface area contributed by atoms with Gasteiger partial charge >= 0.3 is 5.63 Å². The standard InChI is InChI=1S/C14H16N2O4.ClH/c1-19-7-6-15-9-13(17)16-11-3-4-12-10(8-11)2-5-14(18)20-12;/h2-5,8,15H,6-7,9H2,1H3,(H,16,17);1H. The lowest BCUT2D eigenvalue weighted by molar-refractivity contribution is -0.115. The average molecular weight is 313 g/mol. The van der Waals surface area contributed by atoms with Crippen LogP contribution in [0, 0.1) is 0 Å². The van der Waals surface area contributed by atoms with E-state index in [2.05, 4.69) is 10.6 Å². The van der Waals surface area contributed by atoms with Crippen molar-refractivity contribution in [3.8, 4) is 0 Å². The monoisotopic (exact) mass is 312 g/mol. The van der Waals surface area contributed by atoms with Crippen LogP contribution in [0.1, 0.15) is 0 Å². The molecule has 2 rings (SSSR count). The van der Waals surface area contributed by atoms with Crippen LogP contribution in [0.4, 0.5) is 5.69 Å². The number of fused-ring (bicyclic) bond motifs is 1. The summed E-state index contributed by atoms with van der Waals surface area (Å²) in [5.74, 6) is -0.141. The quantitative estimate of drug-likeness (QED) is 0.622. The van der Waals surface area contributed by atoms with Crippen molar-refractivity contribution in [1.82, 2.24) is 5.32 Å². The number of benzene rings is 1. The number of nitrogens with one attached hydrogen (secondary N) is 2. The number of hydrogen-bond acceptors (Lipinski definition) is 5. The molecule has 0 atom stereocenters. The summed E-state index contributed by atoms with van der Waals surface area (Å²) in [7, 11) is 1.61. The number of hydrogen-bond donors (Lipinski definition) is 2. The highest BCUT2D eigenvalue weighted by Crippen LogP contribution is 2.17. The first-order valence-electron chi connectivity index (χ1n) is 6.22. The van der Waals surface area contributed by atoms with E-state index in [0.29, 0.717) is 24.4 Å². The highest BCUT2D eigenvalue weighted by molar-refractivity contribution is 5.94. The third kappa shape index (κ3) is 5.18. The Morgan fingerprint density at radius 2 is 2.10 bits per heavy atom. The lowest BCUT2D eigenvalue weighted by atomic mass is 10.2. The maximum Gasteiger partial charge on any atom is 0.336 e. The second-order valence-corrected chi connectivity index (χ2v) is 4.22. The van der Waals surface area contributed by atoms with Crippen molar-refractivity contribution in [3.05, 3.63) is 40.8 Å². The van der Waals surface area contributed by atoms with Gasteiger partial charge in [-0.15, -0.1) is 12.4 Å². The van der Waals surface area contributed by atoms with Crippen LogP contribution in [0.3, 0.4) is 0 Å². The summed E-state index contributed by atoms with van der Waals surface area (Å²) in [5, 5.41) is 6.48. The number of carbonyl (C=O) groups is 1. The topological polar surface area (TPSA) is 80.6 Å². The van der Waals surface area contributed by atoms with Crippen LogP contribution in [0.15, 0.2) is 39.5 Å². The molecule has 0 radical (unpaired) electrons. The van der Waals surface area contributed by atoms with Gasteiger partial charge in [0.2, 0.25) is 5.91 Å². The predicted molar refractivity (Wildman–Crippen MR) is 83.1 cm³/mol. The summed E-state index contributed by atoms with van der Waals surface area (Å²) in [6, 6.07) is 8.11. The summed E-state index contributed by atoms with van der Waals surface area (Å²) in [6.45, 7) is 1.39. The minimum absolute atomic E-state index is 0. The molecule has 0 fully saturated rings. The van der Waals surface area contributed by atoms with Crippen molar-refractivity contribution in [1.29, 1.82) is 0 Å². The molecule has 0 aliphatic heterocycles. The molecule has 1 heterocycles. The lowest BCUT2D eigenvalue weighted by Gasteiger charge is -2.07. The molecule has 114 valence electrons. The van der Waals surface area contributed by atoms with E-state index in [1.165, 1.54) is 6.07 Å². The molecule has 1 amide bonds. The maximum absolute atomic E-state index is 11.7. The van der Waals surface area contributed by atoms with Crippen molar-refractivity contribution >= 4 is 35.0 Å². The summed E-state index contributed by atoms with van der Waals surface area (Å²) >= 11 is 0. The van der Waals surface area contributed by atoms with Crippen LogP contribution in [-0.4, -0.2) is 32.7 Å². The van der Waals surface area contributed by atoms with Crippen molar-refractivity contribution in [2.24, 2.45) is 0 Å². The Balaban J connectivity index is 0.00000220. The summed E-state index contributed by atoms with van der Waals surface area (Å²) < 4.78 is 9.89. The predicted octanol–water partition coefficient (Wildman–Crippen LogP) is 1.39. The Labute approximate surface area is 127 Å². The fourth-order valence-electron chi connectivity index (χ4n) is 1.73. The molecule has 0 bridgehead atoms. The van der Waals surface area contributed by atoms with Gasteiger partial charge in [0.15, 0.2) is 0 Å². The van der Waals surface area contributed by atoms with E-state index in [1.807, 2.05) is 0 Å². The van der Waals surface area contributed by atoms with Gasteiger partial charge in [-0.05, 0) is 24.3 Å². The summed E-state index contributed by atoms with van der Waals surface area (Å²) in [4.78, 5) is 22.7. The van der Waals surface area contributed by atoms with Gasteiger partial charge in [0.25, 0.3) is 0 Å². The van der Waals surface area contributed by atoms with Crippen LogP contribution >= 0.6 is 12.4 Å². The minimum Gasteiger partial charge on any atom is -0.423 e. The van der Waals surface area contributed by atoms with Crippen molar-refractivity contribution in [2.45, 2.75) is 0 Å². The van der Waals surface area contributed by atoms with Gasteiger partial charge in [-0.3, -0.25) is 4.79 Å². The molecular weight excluding hydrogens is 296 g/mol. The molecule has 2 aromatic rings. The first-order chi connectivity index (χ1) is 9.69. The van der Waals surface area contributed by atoms with Crippen molar-refractivity contribution in [2.75, 3.05) is 32.1 Å². The zero-order valence-electron chi connectivity index (χ0n) is 11.5. The van der Waals surface area contributed by atoms with Gasteiger partial charge in [-0.2, -0.15) is 0 Å². The molecule has 6 nitrogen and oxygen atoms in total. The molecule has 0 spiro atoms. The molecule has 0 saturated carbocycles. The van der Waals surface area contributed by atoms with Crippen LogP contribution in [-0.2, 0) is 9.53 Å². The third-order valence-corrected chi connectivity index (χ3v) is 2.67. The normalized spacial score (nSPS) is 10.1. The molecular formula is C14H17ClN2O4. The largest absolute Gasteiger partial charge is 0.423 e. The van der Waals surface area contributed by atoms with Crippen molar-refractivity contribution < 1.29 is 13.9 Å². The first kappa shape index (κ1) is 17.2. The smallest absolute Gasteiger partial charge is 0.336 e. The van der Waals surface area contributed by atoms with Crippen molar-refractivity contribution in [3.63, 3.8) is 0 Å². The van der Waals surface area contributed by atoms with Gasteiger partial charge in [0.05, 0.1) is 13.2 Å². The number of rotatable bonds is 6. The Morgan fingerprint density at radius 3 is 2.86 bits per heavy atom. The summed E-state index contributed by atoms with van der Waals surface area (Å²) in [6.07, 6.45) is 0. The molecule has 2 N–H and O–H groups in total. The van der Waals surface area contributed by atoms with E-state index in [9.17, 15) is 9.59 Å². The molecule has 1 aromatic heterocycles. The third-order valence-electron chi connectivity index (χ3n) is 2.67. The highest BCUT2D eigenvalue weighted by Gasteiger charge is 2.03. The van der Waals surface area contributed by atoms with Gasteiger partial charge in [0, 0.05) is 30.8 Å². The number of amides is 1. The van der Waals surface area contributed by atoms with E-state index in [1.54, 1.807) is 31.4 Å². The van der Waals surface area contributed by atoms with Gasteiger partial charge in [-0.25, -0.2) is 4.79 Å². The molecule has 0 unspecified atom stereocenters. The minimum atomic E-state index is -0.392. The number of methoxy groups -OCH3 is 1.